The van der Waals surface area contributed by atoms with E-state index in [-0.39, 0.29) is 28.7 Å². The third-order valence-corrected chi connectivity index (χ3v) is 5.42. The largest absolute Gasteiger partial charge is 0.378 e. The molecule has 0 radical (unpaired) electrons. The second-order valence-corrected chi connectivity index (χ2v) is 8.05. The van der Waals surface area contributed by atoms with E-state index in [1.165, 1.54) is 6.92 Å². The normalized spacial score (nSPS) is 12.5. The number of unbranched alkanes of at least 4 members (excludes halogenated alkanes) is 1. The third kappa shape index (κ3) is 5.18. The van der Waals surface area contributed by atoms with Crippen LogP contribution >= 0.6 is 0 Å². The maximum atomic E-state index is 15.0. The number of hydrogen-bond donors (Lipinski definition) is 0. The number of halogens is 2. The summed E-state index contributed by atoms with van der Waals surface area (Å²) in [5, 5.41) is 0. The number of benzene rings is 1. The van der Waals surface area contributed by atoms with Crippen molar-refractivity contribution < 1.29 is 18.3 Å². The fourth-order valence-corrected chi connectivity index (χ4v) is 3.77. The van der Waals surface area contributed by atoms with E-state index in [0.717, 1.165) is 43.4 Å². The van der Waals surface area contributed by atoms with Crippen molar-refractivity contribution in [2.45, 2.75) is 65.9 Å². The minimum absolute atomic E-state index is 0.00649. The number of ketones is 1. The van der Waals surface area contributed by atoms with Crippen LogP contribution in [0.3, 0.4) is 0 Å². The summed E-state index contributed by atoms with van der Waals surface area (Å²) in [4.78, 5) is 16.2. The van der Waals surface area contributed by atoms with Crippen LogP contribution in [-0.2, 0) is 11.2 Å². The molecule has 0 amide bonds. The molecule has 0 saturated heterocycles. The summed E-state index contributed by atoms with van der Waals surface area (Å²) >= 11 is 0. The molecule has 1 unspecified atom stereocenters. The lowest BCUT2D eigenvalue weighted by atomic mass is 10.0. The lowest BCUT2D eigenvalue weighted by Crippen LogP contribution is -2.18. The Labute approximate surface area is 182 Å². The highest BCUT2D eigenvalue weighted by Crippen LogP contribution is 2.32. The van der Waals surface area contributed by atoms with Gasteiger partial charge in [0.05, 0.1) is 23.1 Å². The predicted molar refractivity (Wildman–Crippen MR) is 119 cm³/mol. The molecule has 3 rings (SSSR count). The molecule has 0 aliphatic carbocycles. The van der Waals surface area contributed by atoms with Crippen LogP contribution in [0.4, 0.5) is 8.78 Å². The predicted octanol–water partition coefficient (Wildman–Crippen LogP) is 6.32. The zero-order valence-electron chi connectivity index (χ0n) is 18.7. The second kappa shape index (κ2) is 10.1. The van der Waals surface area contributed by atoms with Crippen molar-refractivity contribution in [1.82, 2.24) is 9.38 Å². The SMILES string of the molecule is CCCCC(Cc1c(-c2c(F)cc(C(C)=O)cc2F)nc2cc(C)ccn12)OCCC. The molecule has 6 heteroatoms. The standard InChI is InChI=1S/C25H30F2N2O2/c1-5-7-8-19(31-11-6-2)15-22-25(28-23-12-16(3)9-10-29(22)23)24-20(26)13-18(17(4)30)14-21(24)27/h9-10,12-14,19H,5-8,11,15H2,1-4H3. The van der Waals surface area contributed by atoms with Crippen LogP contribution in [0.5, 0.6) is 0 Å². The summed E-state index contributed by atoms with van der Waals surface area (Å²) in [6.07, 6.45) is 6.12. The molecule has 0 aliphatic heterocycles. The lowest BCUT2D eigenvalue weighted by molar-refractivity contribution is 0.0460. The average molecular weight is 429 g/mol. The van der Waals surface area contributed by atoms with Crippen molar-refractivity contribution in [1.29, 1.82) is 0 Å². The first-order valence-electron chi connectivity index (χ1n) is 10.9. The zero-order chi connectivity index (χ0) is 22.5. The van der Waals surface area contributed by atoms with Crippen molar-refractivity contribution in [3.8, 4) is 11.3 Å². The molecule has 31 heavy (non-hydrogen) atoms. The molecule has 166 valence electrons. The molecule has 1 aromatic carbocycles. The first kappa shape index (κ1) is 23.1. The van der Waals surface area contributed by atoms with Crippen LogP contribution < -0.4 is 0 Å². The van der Waals surface area contributed by atoms with E-state index in [0.29, 0.717) is 24.4 Å². The number of fused-ring (bicyclic) bond motifs is 1. The van der Waals surface area contributed by atoms with Gasteiger partial charge in [-0.15, -0.1) is 0 Å². The molecule has 4 nitrogen and oxygen atoms in total. The summed E-state index contributed by atoms with van der Waals surface area (Å²) in [6, 6.07) is 6.01. The second-order valence-electron chi connectivity index (χ2n) is 8.05. The van der Waals surface area contributed by atoms with E-state index in [1.54, 1.807) is 0 Å². The highest BCUT2D eigenvalue weighted by atomic mass is 19.1. The number of Topliss-reactive ketones (excluding diaryl/α,β-unsaturated/α-hetero) is 1. The molecule has 0 saturated carbocycles. The van der Waals surface area contributed by atoms with Gasteiger partial charge in [0.25, 0.3) is 0 Å². The van der Waals surface area contributed by atoms with Gasteiger partial charge in [-0.05, 0) is 56.5 Å². The summed E-state index contributed by atoms with van der Waals surface area (Å²) in [7, 11) is 0. The molecule has 2 heterocycles. The molecule has 0 N–H and O–H groups in total. The number of nitrogens with zero attached hydrogens (tertiary/aromatic N) is 2. The smallest absolute Gasteiger partial charge is 0.160 e. The number of aromatic nitrogens is 2. The van der Waals surface area contributed by atoms with Crippen LogP contribution in [0, 0.1) is 18.6 Å². The third-order valence-electron chi connectivity index (χ3n) is 5.42. The molecule has 1 atom stereocenters. The molecule has 0 fully saturated rings. The number of imidazole rings is 1. The summed E-state index contributed by atoms with van der Waals surface area (Å²) in [6.45, 7) is 8.05. The van der Waals surface area contributed by atoms with E-state index in [2.05, 4.69) is 18.8 Å². The number of hydrogen-bond acceptors (Lipinski definition) is 3. The van der Waals surface area contributed by atoms with Crippen LogP contribution in [0.2, 0.25) is 0 Å². The Bertz CT molecular complexity index is 1040. The highest BCUT2D eigenvalue weighted by Gasteiger charge is 2.24. The van der Waals surface area contributed by atoms with E-state index < -0.39 is 11.6 Å². The van der Waals surface area contributed by atoms with E-state index in [9.17, 15) is 4.79 Å². The Morgan fingerprint density at radius 3 is 2.48 bits per heavy atom. The van der Waals surface area contributed by atoms with Gasteiger partial charge in [0, 0.05) is 24.8 Å². The van der Waals surface area contributed by atoms with Crippen LogP contribution in [0.25, 0.3) is 16.9 Å². The van der Waals surface area contributed by atoms with Gasteiger partial charge < -0.3 is 9.14 Å². The fraction of sp³-hybridized carbons (Fsp3) is 0.440. The highest BCUT2D eigenvalue weighted by molar-refractivity contribution is 5.94. The first-order chi connectivity index (χ1) is 14.8. The number of carbonyl (C=O) groups is 1. The summed E-state index contributed by atoms with van der Waals surface area (Å²) in [5.41, 5.74) is 2.41. The van der Waals surface area contributed by atoms with Gasteiger partial charge >= 0.3 is 0 Å². The van der Waals surface area contributed by atoms with Gasteiger partial charge in [-0.1, -0.05) is 26.7 Å². The quantitative estimate of drug-likeness (QED) is 0.355. The number of rotatable bonds is 10. The number of carbonyl (C=O) groups excluding carboxylic acids is 1. The first-order valence-corrected chi connectivity index (χ1v) is 10.9. The molecule has 0 aliphatic rings. The van der Waals surface area contributed by atoms with Crippen molar-refractivity contribution in [2.75, 3.05) is 6.61 Å². The molecular weight excluding hydrogens is 398 g/mol. The lowest BCUT2D eigenvalue weighted by Gasteiger charge is -2.18. The summed E-state index contributed by atoms with van der Waals surface area (Å²) in [5.74, 6) is -1.96. The summed E-state index contributed by atoms with van der Waals surface area (Å²) < 4.78 is 38.0. The maximum Gasteiger partial charge on any atom is 0.160 e. The minimum atomic E-state index is -0.786. The van der Waals surface area contributed by atoms with Gasteiger partial charge in [0.2, 0.25) is 0 Å². The Balaban J connectivity index is 2.15. The molecule has 0 spiro atoms. The number of pyridine rings is 1. The Morgan fingerprint density at radius 2 is 1.87 bits per heavy atom. The zero-order valence-corrected chi connectivity index (χ0v) is 18.7. The Hall–Kier alpha value is -2.60. The van der Waals surface area contributed by atoms with Crippen molar-refractivity contribution in [3.05, 3.63) is 58.9 Å². The molecule has 0 bridgehead atoms. The molecular formula is C25H30F2N2O2. The van der Waals surface area contributed by atoms with E-state index in [1.807, 2.05) is 29.7 Å². The van der Waals surface area contributed by atoms with Crippen LogP contribution in [0.15, 0.2) is 30.5 Å². The average Bonchev–Trinajstić information content (AvgIpc) is 3.06. The van der Waals surface area contributed by atoms with Crippen LogP contribution in [-0.4, -0.2) is 27.9 Å². The monoisotopic (exact) mass is 428 g/mol. The van der Waals surface area contributed by atoms with Crippen molar-refractivity contribution in [3.63, 3.8) is 0 Å². The van der Waals surface area contributed by atoms with Crippen molar-refractivity contribution >= 4 is 11.4 Å². The maximum absolute atomic E-state index is 15.0. The Kier molecular flexibility index (Phi) is 7.55. The Morgan fingerprint density at radius 1 is 1.16 bits per heavy atom. The van der Waals surface area contributed by atoms with Gasteiger partial charge in [-0.25, -0.2) is 13.8 Å². The van der Waals surface area contributed by atoms with E-state index >= 15 is 8.78 Å². The van der Waals surface area contributed by atoms with Gasteiger partial charge in [0.15, 0.2) is 5.78 Å². The minimum Gasteiger partial charge on any atom is -0.378 e. The molecule has 3 aromatic rings. The topological polar surface area (TPSA) is 43.6 Å². The number of ether oxygens (including phenoxy) is 1. The molecule has 2 aromatic heterocycles. The van der Waals surface area contributed by atoms with Crippen molar-refractivity contribution in [2.24, 2.45) is 0 Å². The van der Waals surface area contributed by atoms with Crippen LogP contribution in [0.1, 0.15) is 68.1 Å². The van der Waals surface area contributed by atoms with Gasteiger partial charge in [0.1, 0.15) is 17.3 Å². The fourth-order valence-electron chi connectivity index (χ4n) is 3.77. The number of aryl methyl sites for hydroxylation is 1. The van der Waals surface area contributed by atoms with E-state index in [4.69, 9.17) is 4.74 Å². The van der Waals surface area contributed by atoms with Gasteiger partial charge in [-0.3, -0.25) is 4.79 Å². The van der Waals surface area contributed by atoms with Gasteiger partial charge in [-0.2, -0.15) is 0 Å².